The molecule has 0 fully saturated rings. The number of carbonyl (C=O) groups is 2. The minimum atomic E-state index is -0.880. The summed E-state index contributed by atoms with van der Waals surface area (Å²) in [5.74, 6) is -1.40. The lowest BCUT2D eigenvalue weighted by molar-refractivity contribution is 0.0409. The van der Waals surface area contributed by atoms with Crippen LogP contribution >= 0.6 is 34.8 Å². The molecule has 7 heteroatoms. The van der Waals surface area contributed by atoms with Crippen molar-refractivity contribution < 1.29 is 14.4 Å². The van der Waals surface area contributed by atoms with Gasteiger partial charge in [0.15, 0.2) is 0 Å². The minimum Gasteiger partial charge on any atom is -0.327 e. The van der Waals surface area contributed by atoms with Crippen molar-refractivity contribution in [1.29, 1.82) is 0 Å². The number of amides is 1. The van der Waals surface area contributed by atoms with Gasteiger partial charge in [-0.2, -0.15) is 0 Å². The first kappa shape index (κ1) is 19.2. The van der Waals surface area contributed by atoms with Gasteiger partial charge < -0.3 is 4.84 Å². The molecule has 0 N–H and O–H groups in total. The molecule has 1 amide bonds. The van der Waals surface area contributed by atoms with Crippen LogP contribution in [0, 0.1) is 0 Å². The van der Waals surface area contributed by atoms with E-state index in [1.807, 2.05) is 0 Å². The molecule has 4 nitrogen and oxygen atoms in total. The van der Waals surface area contributed by atoms with Crippen LogP contribution in [0.3, 0.4) is 0 Å². The van der Waals surface area contributed by atoms with Crippen LogP contribution < -0.4 is 5.06 Å². The maximum Gasteiger partial charge on any atom is 0.366 e. The zero-order valence-corrected chi connectivity index (χ0v) is 16.0. The van der Waals surface area contributed by atoms with Crippen molar-refractivity contribution in [1.82, 2.24) is 0 Å². The Labute approximate surface area is 170 Å². The van der Waals surface area contributed by atoms with E-state index in [-0.39, 0.29) is 20.6 Å². The molecule has 0 saturated carbocycles. The summed E-state index contributed by atoms with van der Waals surface area (Å²) in [7, 11) is 0. The number of hydrogen-bond donors (Lipinski definition) is 0. The Bertz CT molecular complexity index is 955. The maximum atomic E-state index is 12.9. The van der Waals surface area contributed by atoms with Crippen molar-refractivity contribution in [3.8, 4) is 0 Å². The van der Waals surface area contributed by atoms with Crippen molar-refractivity contribution in [2.75, 3.05) is 5.06 Å². The molecule has 3 aromatic carbocycles. The van der Waals surface area contributed by atoms with Crippen molar-refractivity contribution >= 4 is 52.4 Å². The Morgan fingerprint density at radius 3 is 1.85 bits per heavy atom. The summed E-state index contributed by atoms with van der Waals surface area (Å²) in [4.78, 5) is 31.0. The van der Waals surface area contributed by atoms with Gasteiger partial charge in [-0.15, -0.1) is 5.06 Å². The summed E-state index contributed by atoms with van der Waals surface area (Å²) in [6.07, 6.45) is 0. The molecule has 3 aromatic rings. The predicted molar refractivity (Wildman–Crippen MR) is 107 cm³/mol. The summed E-state index contributed by atoms with van der Waals surface area (Å²) >= 11 is 18.0. The second-order valence-electron chi connectivity index (χ2n) is 5.42. The summed E-state index contributed by atoms with van der Waals surface area (Å²) in [6.45, 7) is 0. The Balaban J connectivity index is 1.97. The van der Waals surface area contributed by atoms with Gasteiger partial charge in [0.2, 0.25) is 0 Å². The van der Waals surface area contributed by atoms with Gasteiger partial charge in [-0.05, 0) is 36.4 Å². The SMILES string of the molecule is O=C(ON(C(=O)c1ccccc1)c1ccccc1)c1c(Cl)cc(Cl)cc1Cl. The highest BCUT2D eigenvalue weighted by Crippen LogP contribution is 2.30. The second kappa shape index (κ2) is 8.44. The number of hydrogen-bond acceptors (Lipinski definition) is 3. The van der Waals surface area contributed by atoms with E-state index < -0.39 is 11.9 Å². The smallest absolute Gasteiger partial charge is 0.327 e. The molecular formula is C20H12Cl3NO3. The van der Waals surface area contributed by atoms with Gasteiger partial charge in [0.25, 0.3) is 5.91 Å². The molecule has 0 saturated heterocycles. The van der Waals surface area contributed by atoms with Crippen LogP contribution in [0.25, 0.3) is 0 Å². The molecule has 0 radical (unpaired) electrons. The van der Waals surface area contributed by atoms with Crippen molar-refractivity contribution in [2.24, 2.45) is 0 Å². The Hall–Kier alpha value is -2.53. The van der Waals surface area contributed by atoms with Crippen LogP contribution in [0.2, 0.25) is 15.1 Å². The van der Waals surface area contributed by atoms with Gasteiger partial charge in [-0.3, -0.25) is 4.79 Å². The number of rotatable bonds is 3. The third kappa shape index (κ3) is 4.42. The van der Waals surface area contributed by atoms with E-state index in [0.29, 0.717) is 11.3 Å². The average Bonchev–Trinajstić information content (AvgIpc) is 2.66. The van der Waals surface area contributed by atoms with E-state index in [2.05, 4.69) is 0 Å². The molecule has 0 spiro atoms. The van der Waals surface area contributed by atoms with Crippen LogP contribution in [0.15, 0.2) is 72.8 Å². The number of hydroxylamine groups is 1. The maximum absolute atomic E-state index is 12.9. The highest BCUT2D eigenvalue weighted by Gasteiger charge is 2.26. The van der Waals surface area contributed by atoms with Crippen LogP contribution in [-0.4, -0.2) is 11.9 Å². The molecular weight excluding hydrogens is 409 g/mol. The molecule has 0 unspecified atom stereocenters. The molecule has 0 atom stereocenters. The Morgan fingerprint density at radius 2 is 1.30 bits per heavy atom. The number of para-hydroxylation sites is 1. The van der Waals surface area contributed by atoms with Gasteiger partial charge in [-0.25, -0.2) is 4.79 Å². The van der Waals surface area contributed by atoms with Gasteiger partial charge >= 0.3 is 5.97 Å². The normalized spacial score (nSPS) is 10.3. The lowest BCUT2D eigenvalue weighted by Crippen LogP contribution is -2.33. The molecule has 0 bridgehead atoms. The zero-order valence-electron chi connectivity index (χ0n) is 13.7. The second-order valence-corrected chi connectivity index (χ2v) is 6.68. The fraction of sp³-hybridized carbons (Fsp3) is 0. The topological polar surface area (TPSA) is 46.6 Å². The number of carbonyl (C=O) groups excluding carboxylic acids is 2. The molecule has 0 aromatic heterocycles. The standard InChI is InChI=1S/C20H12Cl3NO3/c21-14-11-16(22)18(17(23)12-14)20(26)27-24(15-9-5-2-6-10-15)19(25)13-7-3-1-4-8-13/h1-12H. The fourth-order valence-electron chi connectivity index (χ4n) is 2.34. The summed E-state index contributed by atoms with van der Waals surface area (Å²) in [5, 5.41) is 1.23. The first-order chi connectivity index (χ1) is 13.0. The molecule has 0 heterocycles. The molecule has 136 valence electrons. The third-order valence-corrected chi connectivity index (χ3v) is 4.40. The molecule has 0 aliphatic rings. The minimum absolute atomic E-state index is 0.0256. The Morgan fingerprint density at radius 1 is 0.778 bits per heavy atom. The lowest BCUT2D eigenvalue weighted by atomic mass is 10.2. The predicted octanol–water partition coefficient (Wildman–Crippen LogP) is 6.07. The fourth-order valence-corrected chi connectivity index (χ4v) is 3.31. The van der Waals surface area contributed by atoms with Gasteiger partial charge in [0.1, 0.15) is 0 Å². The summed E-state index contributed by atoms with van der Waals surface area (Å²) < 4.78 is 0. The van der Waals surface area contributed by atoms with E-state index in [9.17, 15) is 9.59 Å². The van der Waals surface area contributed by atoms with Gasteiger partial charge in [0, 0.05) is 10.6 Å². The van der Waals surface area contributed by atoms with Crippen molar-refractivity contribution in [2.45, 2.75) is 0 Å². The van der Waals surface area contributed by atoms with E-state index in [1.54, 1.807) is 60.7 Å². The molecule has 0 aliphatic carbocycles. The highest BCUT2D eigenvalue weighted by molar-refractivity contribution is 6.41. The number of anilines is 1. The first-order valence-electron chi connectivity index (χ1n) is 7.79. The lowest BCUT2D eigenvalue weighted by Gasteiger charge is -2.21. The molecule has 27 heavy (non-hydrogen) atoms. The summed E-state index contributed by atoms with van der Waals surface area (Å²) in [5.41, 5.74) is 0.646. The first-order valence-corrected chi connectivity index (χ1v) is 8.92. The van der Waals surface area contributed by atoms with Crippen LogP contribution in [0.1, 0.15) is 20.7 Å². The zero-order chi connectivity index (χ0) is 19.4. The van der Waals surface area contributed by atoms with Gasteiger partial charge in [-0.1, -0.05) is 71.2 Å². The average molecular weight is 421 g/mol. The van der Waals surface area contributed by atoms with Crippen LogP contribution in [0.4, 0.5) is 5.69 Å². The Kier molecular flexibility index (Phi) is 6.01. The van der Waals surface area contributed by atoms with Gasteiger partial charge in [0.05, 0.1) is 21.3 Å². The van der Waals surface area contributed by atoms with E-state index >= 15 is 0 Å². The molecule has 0 aliphatic heterocycles. The number of halogens is 3. The number of benzene rings is 3. The van der Waals surface area contributed by atoms with Crippen LogP contribution in [-0.2, 0) is 4.84 Å². The van der Waals surface area contributed by atoms with Crippen molar-refractivity contribution in [3.05, 3.63) is 99.0 Å². The largest absolute Gasteiger partial charge is 0.366 e. The van der Waals surface area contributed by atoms with Crippen LogP contribution in [0.5, 0.6) is 0 Å². The monoisotopic (exact) mass is 419 g/mol. The molecule has 3 rings (SSSR count). The highest BCUT2D eigenvalue weighted by atomic mass is 35.5. The number of nitrogens with zero attached hydrogens (tertiary/aromatic N) is 1. The summed E-state index contributed by atoms with van der Waals surface area (Å²) in [6, 6.07) is 19.7. The van der Waals surface area contributed by atoms with Crippen molar-refractivity contribution in [3.63, 3.8) is 0 Å². The van der Waals surface area contributed by atoms with E-state index in [0.717, 1.165) is 5.06 Å². The quantitative estimate of drug-likeness (QED) is 0.483. The van der Waals surface area contributed by atoms with E-state index in [4.69, 9.17) is 39.6 Å². The van der Waals surface area contributed by atoms with E-state index in [1.165, 1.54) is 12.1 Å². The third-order valence-electron chi connectivity index (χ3n) is 3.58.